The first-order valence-corrected chi connectivity index (χ1v) is 15.2. The van der Waals surface area contributed by atoms with Gasteiger partial charge in [0.2, 0.25) is 0 Å². The summed E-state index contributed by atoms with van der Waals surface area (Å²) in [5, 5.41) is 1.04. The number of para-hydroxylation sites is 1. The molecule has 8 nitrogen and oxygen atoms in total. The molecule has 10 heteroatoms. The van der Waals surface area contributed by atoms with Crippen LogP contribution in [0.4, 0.5) is 0 Å². The largest absolute Gasteiger partial charge is 0.493 e. The molecular formula is C32H32BrN3O5S. The van der Waals surface area contributed by atoms with Crippen LogP contribution in [0.2, 0.25) is 0 Å². The van der Waals surface area contributed by atoms with Gasteiger partial charge in [-0.25, -0.2) is 9.79 Å². The lowest BCUT2D eigenvalue weighted by atomic mass is 9.95. The summed E-state index contributed by atoms with van der Waals surface area (Å²) in [5.41, 5.74) is 4.24. The van der Waals surface area contributed by atoms with E-state index in [4.69, 9.17) is 19.2 Å². The Kier molecular flexibility index (Phi) is 8.56. The number of ether oxygens (including phenoxy) is 3. The highest BCUT2D eigenvalue weighted by molar-refractivity contribution is 9.10. The minimum absolute atomic E-state index is 0.189. The van der Waals surface area contributed by atoms with Crippen molar-refractivity contribution in [2.45, 2.75) is 40.3 Å². The molecule has 218 valence electrons. The third-order valence-electron chi connectivity index (χ3n) is 7.26. The maximum atomic E-state index is 14.3. The van der Waals surface area contributed by atoms with Crippen LogP contribution >= 0.6 is 27.3 Å². The van der Waals surface area contributed by atoms with Gasteiger partial charge in [0.25, 0.3) is 5.56 Å². The van der Waals surface area contributed by atoms with Crippen LogP contribution in [0.15, 0.2) is 74.6 Å². The highest BCUT2D eigenvalue weighted by Crippen LogP contribution is 2.41. The first-order chi connectivity index (χ1) is 20.2. The van der Waals surface area contributed by atoms with Crippen LogP contribution in [-0.2, 0) is 16.1 Å². The fraction of sp³-hybridized carbons (Fsp3) is 0.281. The van der Waals surface area contributed by atoms with Gasteiger partial charge >= 0.3 is 5.97 Å². The number of nitrogens with zero attached hydrogens (tertiary/aromatic N) is 3. The predicted molar refractivity (Wildman–Crippen MR) is 169 cm³/mol. The summed E-state index contributed by atoms with van der Waals surface area (Å²) in [7, 11) is 1.56. The van der Waals surface area contributed by atoms with Crippen molar-refractivity contribution in [3.05, 3.63) is 101 Å². The molecule has 0 spiro atoms. The normalized spacial score (nSPS) is 15.0. The molecule has 0 saturated carbocycles. The molecule has 0 fully saturated rings. The molecule has 0 radical (unpaired) electrons. The summed E-state index contributed by atoms with van der Waals surface area (Å²) in [4.78, 5) is 32.8. The number of halogens is 1. The highest BCUT2D eigenvalue weighted by Gasteiger charge is 2.35. The molecule has 42 heavy (non-hydrogen) atoms. The minimum Gasteiger partial charge on any atom is -0.493 e. The molecule has 4 aromatic rings. The van der Waals surface area contributed by atoms with Crippen molar-refractivity contribution in [3.8, 4) is 11.5 Å². The van der Waals surface area contributed by atoms with Gasteiger partial charge in [0, 0.05) is 33.2 Å². The highest BCUT2D eigenvalue weighted by atomic mass is 79.9. The topological polar surface area (TPSA) is 84.0 Å². The third-order valence-corrected chi connectivity index (χ3v) is 8.93. The van der Waals surface area contributed by atoms with E-state index >= 15 is 0 Å². The Hall–Kier alpha value is -3.89. The summed E-state index contributed by atoms with van der Waals surface area (Å²) in [5.74, 6) is 0.509. The van der Waals surface area contributed by atoms with Crippen LogP contribution in [0, 0.1) is 6.92 Å². The zero-order valence-corrected chi connectivity index (χ0v) is 26.6. The van der Waals surface area contributed by atoms with Crippen LogP contribution < -0.4 is 24.4 Å². The van der Waals surface area contributed by atoms with E-state index in [-0.39, 0.29) is 12.2 Å². The fourth-order valence-corrected chi connectivity index (χ4v) is 6.98. The van der Waals surface area contributed by atoms with Gasteiger partial charge in [-0.15, -0.1) is 6.58 Å². The number of methoxy groups -OCH3 is 1. The van der Waals surface area contributed by atoms with E-state index in [0.717, 1.165) is 22.2 Å². The van der Waals surface area contributed by atoms with E-state index in [1.807, 2.05) is 38.1 Å². The Morgan fingerprint density at radius 3 is 2.62 bits per heavy atom. The monoisotopic (exact) mass is 649 g/mol. The second-order valence-corrected chi connectivity index (χ2v) is 11.5. The van der Waals surface area contributed by atoms with Gasteiger partial charge in [-0.05, 0) is 57.5 Å². The number of allylic oxidation sites excluding steroid dienone is 2. The van der Waals surface area contributed by atoms with Crippen molar-refractivity contribution in [2.75, 3.05) is 20.3 Å². The van der Waals surface area contributed by atoms with E-state index in [1.165, 1.54) is 11.3 Å². The van der Waals surface area contributed by atoms with E-state index in [0.29, 0.717) is 55.3 Å². The van der Waals surface area contributed by atoms with E-state index in [1.54, 1.807) is 37.7 Å². The average Bonchev–Trinajstić information content (AvgIpc) is 3.41. The van der Waals surface area contributed by atoms with E-state index < -0.39 is 12.0 Å². The Morgan fingerprint density at radius 2 is 1.93 bits per heavy atom. The molecule has 0 bridgehead atoms. The lowest BCUT2D eigenvalue weighted by molar-refractivity contribution is -0.139. The number of benzene rings is 2. The number of fused-ring (bicyclic) bond motifs is 2. The van der Waals surface area contributed by atoms with Crippen molar-refractivity contribution < 1.29 is 19.0 Å². The van der Waals surface area contributed by atoms with E-state index in [2.05, 4.69) is 39.2 Å². The molecule has 1 atom stereocenters. The predicted octanol–water partition coefficient (Wildman–Crippen LogP) is 5.42. The second kappa shape index (κ2) is 12.1. The summed E-state index contributed by atoms with van der Waals surface area (Å²) < 4.78 is 21.8. The Morgan fingerprint density at radius 1 is 1.17 bits per heavy atom. The van der Waals surface area contributed by atoms with Gasteiger partial charge < -0.3 is 18.8 Å². The molecule has 5 rings (SSSR count). The van der Waals surface area contributed by atoms with Gasteiger partial charge in [0.15, 0.2) is 16.3 Å². The van der Waals surface area contributed by atoms with Gasteiger partial charge in [0.05, 0.1) is 42.2 Å². The van der Waals surface area contributed by atoms with Crippen molar-refractivity contribution in [2.24, 2.45) is 4.99 Å². The molecule has 2 aromatic carbocycles. The molecular weight excluding hydrogens is 618 g/mol. The Labute approximate surface area is 256 Å². The van der Waals surface area contributed by atoms with Crippen LogP contribution in [-0.4, -0.2) is 35.4 Å². The number of esters is 1. The molecule has 0 N–H and O–H groups in total. The molecule has 0 amide bonds. The first kappa shape index (κ1) is 29.6. The molecule has 2 aromatic heterocycles. The van der Waals surface area contributed by atoms with Gasteiger partial charge in [-0.3, -0.25) is 9.36 Å². The van der Waals surface area contributed by atoms with Crippen molar-refractivity contribution in [3.63, 3.8) is 0 Å². The van der Waals surface area contributed by atoms with Crippen molar-refractivity contribution in [1.29, 1.82) is 0 Å². The molecule has 0 aliphatic carbocycles. The summed E-state index contributed by atoms with van der Waals surface area (Å²) >= 11 is 4.97. The SMILES string of the molecule is C=CCn1c(C)c(/C=c2/sc3n(c2=O)[C@@H](c2cc(OC)c(OCC)cc2Br)C(C(=O)OCC)=C(C)N=3)c2ccccc21. The third kappa shape index (κ3) is 5.03. The zero-order chi connectivity index (χ0) is 30.1. The van der Waals surface area contributed by atoms with Crippen LogP contribution in [0.5, 0.6) is 11.5 Å². The first-order valence-electron chi connectivity index (χ1n) is 13.6. The Bertz CT molecular complexity index is 1930. The quantitative estimate of drug-likeness (QED) is 0.179. The van der Waals surface area contributed by atoms with Gasteiger partial charge in [-0.1, -0.05) is 51.5 Å². The Balaban J connectivity index is 1.79. The summed E-state index contributed by atoms with van der Waals surface area (Å²) in [6, 6.07) is 10.9. The number of aromatic nitrogens is 2. The lowest BCUT2D eigenvalue weighted by Gasteiger charge is -2.26. The maximum Gasteiger partial charge on any atom is 0.338 e. The van der Waals surface area contributed by atoms with Crippen LogP contribution in [0.3, 0.4) is 0 Å². The lowest BCUT2D eigenvalue weighted by Crippen LogP contribution is -2.40. The standard InChI is InChI=1S/C32H32BrN3O5S/c1-7-14-35-19(5)21(20-12-10-11-13-24(20)35)16-27-30(37)36-29(22-15-25(39-6)26(40-8-2)17-23(22)33)28(31(38)41-9-3)18(4)34-32(36)42-27/h7,10-13,15-17,29H,1,8-9,14H2,2-6H3/b27-16+/t29-/m0/s1. The number of rotatable bonds is 9. The van der Waals surface area contributed by atoms with Gasteiger partial charge in [-0.2, -0.15) is 0 Å². The van der Waals surface area contributed by atoms with Crippen LogP contribution in [0.1, 0.15) is 43.6 Å². The van der Waals surface area contributed by atoms with Crippen molar-refractivity contribution >= 4 is 50.2 Å². The zero-order valence-electron chi connectivity index (χ0n) is 24.2. The number of hydrogen-bond donors (Lipinski definition) is 0. The smallest absolute Gasteiger partial charge is 0.338 e. The second-order valence-electron chi connectivity index (χ2n) is 9.68. The number of carbonyl (C=O) groups excluding carboxylic acids is 1. The molecule has 1 aliphatic rings. The number of thiazole rings is 1. The number of carbonyl (C=O) groups is 1. The van der Waals surface area contributed by atoms with E-state index in [9.17, 15) is 9.59 Å². The molecule has 1 aliphatic heterocycles. The molecule has 3 heterocycles. The molecule has 0 saturated heterocycles. The maximum absolute atomic E-state index is 14.3. The van der Waals surface area contributed by atoms with Crippen molar-refractivity contribution in [1.82, 2.24) is 9.13 Å². The average molecular weight is 651 g/mol. The fourth-order valence-electron chi connectivity index (χ4n) is 5.41. The summed E-state index contributed by atoms with van der Waals surface area (Å²) in [6.45, 7) is 12.7. The van der Waals surface area contributed by atoms with Crippen LogP contribution in [0.25, 0.3) is 17.0 Å². The minimum atomic E-state index is -0.801. The van der Waals surface area contributed by atoms with Gasteiger partial charge in [0.1, 0.15) is 0 Å². The summed E-state index contributed by atoms with van der Waals surface area (Å²) in [6.07, 6.45) is 3.79. The number of hydrogen-bond acceptors (Lipinski definition) is 7. The molecule has 0 unspecified atom stereocenters.